The standard InChI is InChI=1S/C18H23F2N5O2/c19-14-2-3-16(20)13(10-14)11-24-7-4-15(5-8-24)25-12-17(22-23-25)18(27)21-6-1-9-26/h2-3,10,12,15,26H,1,4-9,11H2,(H,21,27). The number of nitrogens with zero attached hydrogens (tertiary/aromatic N) is 4. The number of piperidine rings is 1. The lowest BCUT2D eigenvalue weighted by Gasteiger charge is -2.31. The van der Waals surface area contributed by atoms with Crippen LogP contribution in [-0.2, 0) is 6.54 Å². The molecule has 0 unspecified atom stereocenters. The average Bonchev–Trinajstić information content (AvgIpc) is 3.16. The first-order chi connectivity index (χ1) is 13.1. The Balaban J connectivity index is 1.52. The minimum atomic E-state index is -0.436. The Kier molecular flexibility index (Phi) is 6.46. The summed E-state index contributed by atoms with van der Waals surface area (Å²) < 4.78 is 28.8. The summed E-state index contributed by atoms with van der Waals surface area (Å²) in [5, 5.41) is 19.4. The van der Waals surface area contributed by atoms with Crippen molar-refractivity contribution in [3.8, 4) is 0 Å². The quantitative estimate of drug-likeness (QED) is 0.713. The van der Waals surface area contributed by atoms with Crippen LogP contribution in [0.4, 0.5) is 8.78 Å². The van der Waals surface area contributed by atoms with E-state index in [0.29, 0.717) is 25.1 Å². The van der Waals surface area contributed by atoms with Gasteiger partial charge in [0.15, 0.2) is 5.69 Å². The molecule has 1 amide bonds. The number of nitrogens with one attached hydrogen (secondary N) is 1. The second-order valence-electron chi connectivity index (χ2n) is 6.66. The van der Waals surface area contributed by atoms with Crippen LogP contribution in [0.15, 0.2) is 24.4 Å². The smallest absolute Gasteiger partial charge is 0.273 e. The number of hydrogen-bond donors (Lipinski definition) is 2. The number of amides is 1. The van der Waals surface area contributed by atoms with E-state index in [9.17, 15) is 13.6 Å². The maximum atomic E-state index is 13.8. The van der Waals surface area contributed by atoms with Crippen molar-refractivity contribution in [2.45, 2.75) is 31.8 Å². The molecule has 2 heterocycles. The Morgan fingerprint density at radius 2 is 2.07 bits per heavy atom. The molecule has 3 rings (SSSR count). The topological polar surface area (TPSA) is 83.3 Å². The van der Waals surface area contributed by atoms with E-state index in [1.165, 1.54) is 6.07 Å². The zero-order valence-electron chi connectivity index (χ0n) is 14.9. The molecule has 2 N–H and O–H groups in total. The molecule has 0 aliphatic carbocycles. The van der Waals surface area contributed by atoms with E-state index in [0.717, 1.165) is 38.1 Å². The first-order valence-corrected chi connectivity index (χ1v) is 9.04. The fraction of sp³-hybridized carbons (Fsp3) is 0.500. The molecule has 0 radical (unpaired) electrons. The number of aromatic nitrogens is 3. The summed E-state index contributed by atoms with van der Waals surface area (Å²) in [7, 11) is 0. The third kappa shape index (κ3) is 5.08. The van der Waals surface area contributed by atoms with Crippen LogP contribution in [0.3, 0.4) is 0 Å². The molecule has 0 atom stereocenters. The van der Waals surface area contributed by atoms with Gasteiger partial charge in [-0.2, -0.15) is 0 Å². The number of carbonyl (C=O) groups excluding carboxylic acids is 1. The summed E-state index contributed by atoms with van der Waals surface area (Å²) in [6, 6.07) is 3.62. The second kappa shape index (κ2) is 9.01. The number of carbonyl (C=O) groups is 1. The van der Waals surface area contributed by atoms with E-state index in [1.54, 1.807) is 10.9 Å². The van der Waals surface area contributed by atoms with Gasteiger partial charge in [-0.25, -0.2) is 13.5 Å². The molecule has 1 aliphatic heterocycles. The predicted octanol–water partition coefficient (Wildman–Crippen LogP) is 1.51. The number of benzene rings is 1. The van der Waals surface area contributed by atoms with E-state index >= 15 is 0 Å². The molecule has 7 nitrogen and oxygen atoms in total. The van der Waals surface area contributed by atoms with Gasteiger partial charge in [0, 0.05) is 38.3 Å². The first kappa shape index (κ1) is 19.4. The molecule has 27 heavy (non-hydrogen) atoms. The highest BCUT2D eigenvalue weighted by atomic mass is 19.1. The number of halogens is 2. The van der Waals surface area contributed by atoms with Crippen molar-refractivity contribution in [1.82, 2.24) is 25.2 Å². The van der Waals surface area contributed by atoms with Crippen LogP contribution >= 0.6 is 0 Å². The van der Waals surface area contributed by atoms with Crippen LogP contribution in [0.1, 0.15) is 41.4 Å². The van der Waals surface area contributed by atoms with E-state index in [2.05, 4.69) is 20.5 Å². The van der Waals surface area contributed by atoms with Gasteiger partial charge in [-0.1, -0.05) is 5.21 Å². The molecule has 9 heteroatoms. The first-order valence-electron chi connectivity index (χ1n) is 9.04. The summed E-state index contributed by atoms with van der Waals surface area (Å²) >= 11 is 0. The van der Waals surface area contributed by atoms with Crippen LogP contribution in [0.25, 0.3) is 0 Å². The number of likely N-dealkylation sites (tertiary alicyclic amines) is 1. The normalized spacial score (nSPS) is 15.8. The van der Waals surface area contributed by atoms with Crippen molar-refractivity contribution < 1.29 is 18.7 Å². The van der Waals surface area contributed by atoms with Crippen LogP contribution in [0, 0.1) is 11.6 Å². The molecule has 1 aromatic heterocycles. The zero-order chi connectivity index (χ0) is 19.2. The van der Waals surface area contributed by atoms with Gasteiger partial charge >= 0.3 is 0 Å². The SMILES string of the molecule is O=C(NCCCO)c1cn(C2CCN(Cc3cc(F)ccc3F)CC2)nn1. The van der Waals surface area contributed by atoms with Crippen LogP contribution in [-0.4, -0.2) is 57.1 Å². The van der Waals surface area contributed by atoms with E-state index in [-0.39, 0.29) is 24.2 Å². The molecule has 0 spiro atoms. The fourth-order valence-electron chi connectivity index (χ4n) is 3.18. The second-order valence-corrected chi connectivity index (χ2v) is 6.66. The van der Waals surface area contributed by atoms with Gasteiger partial charge in [0.25, 0.3) is 5.91 Å². The molecule has 1 aromatic carbocycles. The lowest BCUT2D eigenvalue weighted by Crippen LogP contribution is -2.34. The van der Waals surface area contributed by atoms with Gasteiger partial charge in [-0.3, -0.25) is 9.69 Å². The Morgan fingerprint density at radius 3 is 2.81 bits per heavy atom. The minimum absolute atomic E-state index is 0.0189. The molecule has 0 saturated carbocycles. The lowest BCUT2D eigenvalue weighted by molar-refractivity contribution is 0.0946. The van der Waals surface area contributed by atoms with Crippen molar-refractivity contribution in [1.29, 1.82) is 0 Å². The van der Waals surface area contributed by atoms with Gasteiger partial charge < -0.3 is 10.4 Å². The molecule has 1 saturated heterocycles. The molecule has 2 aromatic rings. The third-order valence-electron chi connectivity index (χ3n) is 4.70. The van der Waals surface area contributed by atoms with Crippen molar-refractivity contribution in [2.75, 3.05) is 26.2 Å². The number of hydrogen-bond acceptors (Lipinski definition) is 5. The van der Waals surface area contributed by atoms with E-state index in [4.69, 9.17) is 5.11 Å². The maximum Gasteiger partial charge on any atom is 0.273 e. The zero-order valence-corrected chi connectivity index (χ0v) is 14.9. The minimum Gasteiger partial charge on any atom is -0.396 e. The molecular formula is C18H23F2N5O2. The van der Waals surface area contributed by atoms with Gasteiger partial charge in [0.2, 0.25) is 0 Å². The van der Waals surface area contributed by atoms with E-state index in [1.807, 2.05) is 0 Å². The van der Waals surface area contributed by atoms with Crippen LogP contribution < -0.4 is 5.32 Å². The Hall–Kier alpha value is -2.39. The van der Waals surface area contributed by atoms with Gasteiger partial charge in [-0.15, -0.1) is 5.10 Å². The summed E-state index contributed by atoms with van der Waals surface area (Å²) in [6.45, 7) is 2.21. The van der Waals surface area contributed by atoms with Crippen molar-refractivity contribution in [2.24, 2.45) is 0 Å². The maximum absolute atomic E-state index is 13.8. The Labute approximate surface area is 156 Å². The molecule has 146 valence electrons. The predicted molar refractivity (Wildman–Crippen MR) is 94.0 cm³/mol. The third-order valence-corrected chi connectivity index (χ3v) is 4.70. The molecular weight excluding hydrogens is 356 g/mol. The van der Waals surface area contributed by atoms with Crippen molar-refractivity contribution in [3.05, 3.63) is 47.3 Å². The summed E-state index contributed by atoms with van der Waals surface area (Å²) in [5.74, 6) is -1.14. The molecule has 1 aliphatic rings. The van der Waals surface area contributed by atoms with E-state index < -0.39 is 11.6 Å². The summed E-state index contributed by atoms with van der Waals surface area (Å²) in [6.07, 6.45) is 3.68. The largest absolute Gasteiger partial charge is 0.396 e. The van der Waals surface area contributed by atoms with Crippen LogP contribution in [0.2, 0.25) is 0 Å². The molecule has 0 bridgehead atoms. The Morgan fingerprint density at radius 1 is 1.30 bits per heavy atom. The Bertz CT molecular complexity index is 775. The molecule has 1 fully saturated rings. The fourth-order valence-corrected chi connectivity index (χ4v) is 3.18. The monoisotopic (exact) mass is 379 g/mol. The summed E-state index contributed by atoms with van der Waals surface area (Å²) in [5.41, 5.74) is 0.605. The van der Waals surface area contributed by atoms with Crippen molar-refractivity contribution >= 4 is 5.91 Å². The van der Waals surface area contributed by atoms with Crippen LogP contribution in [0.5, 0.6) is 0 Å². The van der Waals surface area contributed by atoms with Gasteiger partial charge in [-0.05, 0) is 37.5 Å². The number of rotatable bonds is 7. The lowest BCUT2D eigenvalue weighted by atomic mass is 10.0. The van der Waals surface area contributed by atoms with Gasteiger partial charge in [0.1, 0.15) is 11.6 Å². The van der Waals surface area contributed by atoms with Gasteiger partial charge in [0.05, 0.1) is 12.2 Å². The summed E-state index contributed by atoms with van der Waals surface area (Å²) in [4.78, 5) is 14.0. The number of aliphatic hydroxyl groups excluding tert-OH is 1. The highest BCUT2D eigenvalue weighted by Gasteiger charge is 2.23. The number of aliphatic hydroxyl groups is 1. The average molecular weight is 379 g/mol. The highest BCUT2D eigenvalue weighted by Crippen LogP contribution is 2.23. The van der Waals surface area contributed by atoms with Crippen molar-refractivity contribution in [3.63, 3.8) is 0 Å². The highest BCUT2D eigenvalue weighted by molar-refractivity contribution is 5.91.